The molecule has 1 N–H and O–H groups in total. The standard InChI is InChI=1S/C19H18Cl2N2O2S/c20-14-4-3-13(17(21)10-14)11-26-12-18(24)22-15-5-7-16(8-6-15)23-9-1-2-19(23)25/h3-8,10H,1-2,9,11-12H2,(H,22,24). The third-order valence-corrected chi connectivity index (χ3v) is 5.61. The monoisotopic (exact) mass is 408 g/mol. The third kappa shape index (κ3) is 4.93. The van der Waals surface area contributed by atoms with Crippen molar-refractivity contribution < 1.29 is 9.59 Å². The van der Waals surface area contributed by atoms with E-state index < -0.39 is 0 Å². The predicted molar refractivity (Wildman–Crippen MR) is 109 cm³/mol. The maximum atomic E-state index is 12.1. The molecule has 7 heteroatoms. The number of rotatable bonds is 6. The van der Waals surface area contributed by atoms with E-state index >= 15 is 0 Å². The van der Waals surface area contributed by atoms with Gasteiger partial charge in [-0.15, -0.1) is 11.8 Å². The molecule has 0 unspecified atom stereocenters. The number of carbonyl (C=O) groups excluding carboxylic acids is 2. The molecule has 1 aliphatic heterocycles. The largest absolute Gasteiger partial charge is 0.325 e. The fourth-order valence-electron chi connectivity index (χ4n) is 2.74. The normalized spacial score (nSPS) is 13.9. The minimum atomic E-state index is -0.0786. The molecule has 0 saturated carbocycles. The van der Waals surface area contributed by atoms with Gasteiger partial charge in [0.05, 0.1) is 5.75 Å². The molecule has 2 aromatic rings. The topological polar surface area (TPSA) is 49.4 Å². The van der Waals surface area contributed by atoms with Gasteiger partial charge in [0.25, 0.3) is 0 Å². The molecular formula is C19H18Cl2N2O2S. The molecule has 136 valence electrons. The van der Waals surface area contributed by atoms with Crippen molar-refractivity contribution in [2.75, 3.05) is 22.5 Å². The molecule has 2 amide bonds. The maximum Gasteiger partial charge on any atom is 0.234 e. The van der Waals surface area contributed by atoms with E-state index in [1.807, 2.05) is 30.3 Å². The van der Waals surface area contributed by atoms with E-state index in [9.17, 15) is 9.59 Å². The van der Waals surface area contributed by atoms with Crippen LogP contribution in [0.2, 0.25) is 10.0 Å². The molecule has 0 aliphatic carbocycles. The van der Waals surface area contributed by atoms with Crippen LogP contribution in [0.1, 0.15) is 18.4 Å². The number of halogens is 2. The molecular weight excluding hydrogens is 391 g/mol. The van der Waals surface area contributed by atoms with Gasteiger partial charge in [-0.25, -0.2) is 0 Å². The van der Waals surface area contributed by atoms with Crippen molar-refractivity contribution >= 4 is 58.2 Å². The summed E-state index contributed by atoms with van der Waals surface area (Å²) >= 11 is 13.5. The summed E-state index contributed by atoms with van der Waals surface area (Å²) < 4.78 is 0. The highest BCUT2D eigenvalue weighted by molar-refractivity contribution is 7.99. The summed E-state index contributed by atoms with van der Waals surface area (Å²) in [7, 11) is 0. The van der Waals surface area contributed by atoms with E-state index in [-0.39, 0.29) is 11.8 Å². The first-order chi connectivity index (χ1) is 12.5. The second-order valence-electron chi connectivity index (χ2n) is 5.97. The van der Waals surface area contributed by atoms with Crippen LogP contribution in [0, 0.1) is 0 Å². The zero-order valence-electron chi connectivity index (χ0n) is 14.0. The Morgan fingerprint density at radius 2 is 1.92 bits per heavy atom. The van der Waals surface area contributed by atoms with Gasteiger partial charge in [-0.1, -0.05) is 29.3 Å². The summed E-state index contributed by atoms with van der Waals surface area (Å²) in [5, 5.41) is 4.07. The number of benzene rings is 2. The molecule has 26 heavy (non-hydrogen) atoms. The van der Waals surface area contributed by atoms with Gasteiger partial charge in [-0.3, -0.25) is 9.59 Å². The fraction of sp³-hybridized carbons (Fsp3) is 0.263. The van der Waals surface area contributed by atoms with Crippen molar-refractivity contribution in [2.45, 2.75) is 18.6 Å². The van der Waals surface area contributed by atoms with E-state index in [2.05, 4.69) is 5.32 Å². The Morgan fingerprint density at radius 3 is 2.58 bits per heavy atom. The molecule has 1 fully saturated rings. The van der Waals surface area contributed by atoms with Crippen LogP contribution in [0.5, 0.6) is 0 Å². The van der Waals surface area contributed by atoms with Gasteiger partial charge in [0.1, 0.15) is 0 Å². The zero-order valence-corrected chi connectivity index (χ0v) is 16.3. The number of amides is 2. The van der Waals surface area contributed by atoms with Crippen LogP contribution in [-0.4, -0.2) is 24.1 Å². The highest BCUT2D eigenvalue weighted by Crippen LogP contribution is 2.25. The SMILES string of the molecule is O=C(CSCc1ccc(Cl)cc1Cl)Nc1ccc(N2CCCC2=O)cc1. The molecule has 0 spiro atoms. The molecule has 3 rings (SSSR count). The van der Waals surface area contributed by atoms with Crippen molar-refractivity contribution in [1.82, 2.24) is 0 Å². The average Bonchev–Trinajstić information content (AvgIpc) is 3.03. The number of anilines is 2. The van der Waals surface area contributed by atoms with Crippen LogP contribution >= 0.6 is 35.0 Å². The fourth-order valence-corrected chi connectivity index (χ4v) is 4.12. The van der Waals surface area contributed by atoms with Crippen molar-refractivity contribution in [3.63, 3.8) is 0 Å². The van der Waals surface area contributed by atoms with Crippen molar-refractivity contribution in [2.24, 2.45) is 0 Å². The third-order valence-electron chi connectivity index (χ3n) is 4.04. The quantitative estimate of drug-likeness (QED) is 0.731. The van der Waals surface area contributed by atoms with Gasteiger partial charge >= 0.3 is 0 Å². The number of carbonyl (C=O) groups is 2. The second-order valence-corrected chi connectivity index (χ2v) is 7.80. The lowest BCUT2D eigenvalue weighted by atomic mass is 10.2. The van der Waals surface area contributed by atoms with E-state index in [1.165, 1.54) is 11.8 Å². The Morgan fingerprint density at radius 1 is 1.15 bits per heavy atom. The van der Waals surface area contributed by atoms with Gasteiger partial charge in [0.15, 0.2) is 0 Å². The van der Waals surface area contributed by atoms with E-state index in [4.69, 9.17) is 23.2 Å². The van der Waals surface area contributed by atoms with Gasteiger partial charge < -0.3 is 10.2 Å². The molecule has 1 heterocycles. The number of nitrogens with one attached hydrogen (secondary N) is 1. The maximum absolute atomic E-state index is 12.1. The van der Waals surface area contributed by atoms with E-state index in [0.717, 1.165) is 29.9 Å². The summed E-state index contributed by atoms with van der Waals surface area (Å²) in [6.07, 6.45) is 1.50. The Labute approximate surface area is 166 Å². The zero-order chi connectivity index (χ0) is 18.5. The summed E-state index contributed by atoms with van der Waals surface area (Å²) in [6, 6.07) is 12.7. The first kappa shape index (κ1) is 19.1. The Bertz CT molecular complexity index is 812. The van der Waals surface area contributed by atoms with Gasteiger partial charge in [-0.05, 0) is 48.4 Å². The molecule has 0 radical (unpaired) electrons. The number of thioether (sulfide) groups is 1. The van der Waals surface area contributed by atoms with Gasteiger partial charge in [0, 0.05) is 40.1 Å². The molecule has 1 saturated heterocycles. The first-order valence-electron chi connectivity index (χ1n) is 8.25. The van der Waals surface area contributed by atoms with Crippen LogP contribution in [0.4, 0.5) is 11.4 Å². The summed E-state index contributed by atoms with van der Waals surface area (Å²) in [5.74, 6) is 1.04. The molecule has 0 atom stereocenters. The minimum absolute atomic E-state index is 0.0786. The number of nitrogens with zero attached hydrogens (tertiary/aromatic N) is 1. The highest BCUT2D eigenvalue weighted by atomic mass is 35.5. The van der Waals surface area contributed by atoms with E-state index in [0.29, 0.717) is 28.0 Å². The van der Waals surface area contributed by atoms with Crippen LogP contribution in [0.3, 0.4) is 0 Å². The molecule has 2 aromatic carbocycles. The summed E-state index contributed by atoms with van der Waals surface area (Å²) in [6.45, 7) is 0.758. The number of hydrogen-bond donors (Lipinski definition) is 1. The van der Waals surface area contributed by atoms with Crippen LogP contribution in [0.15, 0.2) is 42.5 Å². The van der Waals surface area contributed by atoms with Crippen molar-refractivity contribution in [1.29, 1.82) is 0 Å². The lowest BCUT2D eigenvalue weighted by molar-refractivity contribution is -0.117. The lowest BCUT2D eigenvalue weighted by Gasteiger charge is -2.16. The van der Waals surface area contributed by atoms with E-state index in [1.54, 1.807) is 17.0 Å². The molecule has 0 bridgehead atoms. The Hall–Kier alpha value is -1.69. The average molecular weight is 409 g/mol. The molecule has 4 nitrogen and oxygen atoms in total. The second kappa shape index (κ2) is 8.80. The molecule has 0 aromatic heterocycles. The van der Waals surface area contributed by atoms with Gasteiger partial charge in [0.2, 0.25) is 11.8 Å². The highest BCUT2D eigenvalue weighted by Gasteiger charge is 2.21. The van der Waals surface area contributed by atoms with Crippen LogP contribution in [-0.2, 0) is 15.3 Å². The lowest BCUT2D eigenvalue weighted by Crippen LogP contribution is -2.23. The first-order valence-corrected chi connectivity index (χ1v) is 10.2. The summed E-state index contributed by atoms with van der Waals surface area (Å²) in [4.78, 5) is 25.6. The minimum Gasteiger partial charge on any atom is -0.325 e. The predicted octanol–water partition coefficient (Wildman–Crippen LogP) is 4.99. The summed E-state index contributed by atoms with van der Waals surface area (Å²) in [5.41, 5.74) is 2.54. The van der Waals surface area contributed by atoms with Crippen molar-refractivity contribution in [3.05, 3.63) is 58.1 Å². The Balaban J connectivity index is 1.48. The van der Waals surface area contributed by atoms with Crippen molar-refractivity contribution in [3.8, 4) is 0 Å². The van der Waals surface area contributed by atoms with Crippen LogP contribution in [0.25, 0.3) is 0 Å². The number of hydrogen-bond acceptors (Lipinski definition) is 3. The smallest absolute Gasteiger partial charge is 0.234 e. The van der Waals surface area contributed by atoms with Gasteiger partial charge in [-0.2, -0.15) is 0 Å². The molecule has 1 aliphatic rings. The Kier molecular flexibility index (Phi) is 6.46. The van der Waals surface area contributed by atoms with Crippen LogP contribution < -0.4 is 10.2 Å².